The Morgan fingerprint density at radius 2 is 0.742 bits per heavy atom. The Bertz CT molecular complexity index is 2850. The number of carbonyl (C=O) groups excluding carboxylic acids is 4. The van der Waals surface area contributed by atoms with E-state index in [1.54, 1.807) is 73.3 Å². The smallest absolute Gasteiger partial charge is 0.261 e. The van der Waals surface area contributed by atoms with Gasteiger partial charge in [0.2, 0.25) is 0 Å². The SMILES string of the molecule is Cc1cccc(O)c1.Cc1cccc(O)c1.O=C1c2ccc3c4ccc5c6c(ccc(c7ccc(c2c37)C(=O)N1CCc1ccncc1)c64)C(=O)N(CCc1ccncc1)C5=O. The van der Waals surface area contributed by atoms with Gasteiger partial charge in [0.15, 0.2) is 0 Å². The lowest BCUT2D eigenvalue weighted by atomic mass is 9.82. The number of aryl methyl sites for hydroxylation is 2. The van der Waals surface area contributed by atoms with Crippen LogP contribution in [-0.2, 0) is 12.8 Å². The Hall–Kier alpha value is -7.98. The highest BCUT2D eigenvalue weighted by Gasteiger charge is 2.36. The van der Waals surface area contributed by atoms with Crippen molar-refractivity contribution >= 4 is 66.7 Å². The summed E-state index contributed by atoms with van der Waals surface area (Å²) in [6.07, 6.45) is 7.87. The molecule has 2 aliphatic heterocycles. The Balaban J connectivity index is 0.000000257. The number of imide groups is 2. The zero-order chi connectivity index (χ0) is 43.1. The number of carbonyl (C=O) groups is 4. The van der Waals surface area contributed by atoms with E-state index in [2.05, 4.69) is 9.97 Å². The molecular formula is C52H40N4O6. The Kier molecular flexibility index (Phi) is 10.3. The van der Waals surface area contributed by atoms with Gasteiger partial charge >= 0.3 is 0 Å². The second-order valence-electron chi connectivity index (χ2n) is 15.6. The molecule has 0 saturated carbocycles. The summed E-state index contributed by atoms with van der Waals surface area (Å²) in [6.45, 7) is 4.42. The summed E-state index contributed by atoms with van der Waals surface area (Å²) >= 11 is 0. The largest absolute Gasteiger partial charge is 0.508 e. The van der Waals surface area contributed by atoms with Crippen LogP contribution in [0.5, 0.6) is 11.5 Å². The average molecular weight is 817 g/mol. The van der Waals surface area contributed by atoms with Gasteiger partial charge in [-0.2, -0.15) is 0 Å². The van der Waals surface area contributed by atoms with Crippen LogP contribution in [0.4, 0.5) is 0 Å². The lowest BCUT2D eigenvalue weighted by Crippen LogP contribution is -2.41. The molecule has 0 radical (unpaired) electrons. The molecule has 0 atom stereocenters. The Morgan fingerprint density at radius 3 is 1.02 bits per heavy atom. The molecule has 0 bridgehead atoms. The van der Waals surface area contributed by atoms with E-state index >= 15 is 0 Å². The molecule has 4 heterocycles. The summed E-state index contributed by atoms with van der Waals surface area (Å²) in [5.74, 6) is -0.567. The first kappa shape index (κ1) is 39.5. The van der Waals surface area contributed by atoms with Crippen molar-refractivity contribution in [3.8, 4) is 11.5 Å². The van der Waals surface area contributed by atoms with Crippen molar-refractivity contribution < 1.29 is 29.4 Å². The third-order valence-corrected chi connectivity index (χ3v) is 11.6. The highest BCUT2D eigenvalue weighted by atomic mass is 16.3. The van der Waals surface area contributed by atoms with E-state index < -0.39 is 0 Å². The molecule has 0 aliphatic carbocycles. The maximum absolute atomic E-state index is 13.8. The zero-order valence-electron chi connectivity index (χ0n) is 34.0. The molecule has 62 heavy (non-hydrogen) atoms. The predicted molar refractivity (Wildman–Crippen MR) is 240 cm³/mol. The second-order valence-corrected chi connectivity index (χ2v) is 15.6. The Labute approximate surface area is 356 Å². The molecule has 11 rings (SSSR count). The van der Waals surface area contributed by atoms with Gasteiger partial charge in [-0.05, 0) is 154 Å². The van der Waals surface area contributed by atoms with Crippen LogP contribution in [0.15, 0.2) is 146 Å². The minimum absolute atomic E-state index is 0.265. The average Bonchev–Trinajstić information content (AvgIpc) is 3.28. The van der Waals surface area contributed by atoms with Crippen LogP contribution in [0.25, 0.3) is 43.1 Å². The van der Waals surface area contributed by atoms with E-state index in [4.69, 9.17) is 10.2 Å². The number of hydrogen-bond acceptors (Lipinski definition) is 8. The fourth-order valence-electron chi connectivity index (χ4n) is 8.61. The number of hydrogen-bond donors (Lipinski definition) is 2. The monoisotopic (exact) mass is 816 g/mol. The molecule has 2 N–H and O–H groups in total. The number of phenols is 2. The summed E-state index contributed by atoms with van der Waals surface area (Å²) in [5.41, 5.74) is 6.15. The third-order valence-electron chi connectivity index (χ3n) is 11.6. The summed E-state index contributed by atoms with van der Waals surface area (Å²) in [4.78, 5) is 65.9. The molecule has 2 aromatic heterocycles. The molecule has 0 unspecified atom stereocenters. The maximum Gasteiger partial charge on any atom is 0.261 e. The van der Waals surface area contributed by atoms with Crippen LogP contribution in [-0.4, -0.2) is 66.7 Å². The molecule has 0 fully saturated rings. The van der Waals surface area contributed by atoms with Gasteiger partial charge in [-0.25, -0.2) is 0 Å². The molecule has 7 aromatic carbocycles. The van der Waals surface area contributed by atoms with Crippen LogP contribution >= 0.6 is 0 Å². The molecule has 10 nitrogen and oxygen atoms in total. The van der Waals surface area contributed by atoms with Gasteiger partial charge in [-0.15, -0.1) is 0 Å². The highest BCUT2D eigenvalue weighted by Crippen LogP contribution is 2.46. The van der Waals surface area contributed by atoms with E-state index in [0.29, 0.717) is 57.4 Å². The number of aromatic hydroxyl groups is 2. The van der Waals surface area contributed by atoms with Gasteiger partial charge in [0.05, 0.1) is 0 Å². The minimum atomic E-state index is -0.311. The van der Waals surface area contributed by atoms with Crippen molar-refractivity contribution in [2.24, 2.45) is 0 Å². The van der Waals surface area contributed by atoms with Crippen LogP contribution < -0.4 is 0 Å². The van der Waals surface area contributed by atoms with Crippen LogP contribution in [0.2, 0.25) is 0 Å². The molecule has 9 aromatic rings. The number of benzene rings is 7. The van der Waals surface area contributed by atoms with Gasteiger partial charge in [-0.3, -0.25) is 38.9 Å². The highest BCUT2D eigenvalue weighted by molar-refractivity contribution is 6.41. The zero-order valence-corrected chi connectivity index (χ0v) is 34.0. The van der Waals surface area contributed by atoms with Crippen molar-refractivity contribution in [2.45, 2.75) is 26.7 Å². The topological polar surface area (TPSA) is 141 Å². The fraction of sp³-hybridized carbons (Fsp3) is 0.115. The van der Waals surface area contributed by atoms with Gasteiger partial charge < -0.3 is 10.2 Å². The van der Waals surface area contributed by atoms with Crippen LogP contribution in [0.1, 0.15) is 63.7 Å². The first-order valence-electron chi connectivity index (χ1n) is 20.3. The maximum atomic E-state index is 13.8. The minimum Gasteiger partial charge on any atom is -0.508 e. The number of fused-ring (bicyclic) bond motifs is 2. The standard InChI is InChI=1S/C38H24N4O4.2C7H8O/c43-35-27-5-1-23-24-2-6-29-34-30(38(46)42(37(29)45)20-14-22-11-17-40-18-12-22)8-4-26(32(24)34)25-3-7-28(33(27)31(23)25)36(44)41(35)19-13-21-9-15-39-16-10-21;2*1-6-3-2-4-7(8)5-6/h1-12,15-18H,13-14,19-20H2;2*2-5,8H,1H3. The molecule has 0 spiro atoms. The summed E-state index contributed by atoms with van der Waals surface area (Å²) < 4.78 is 0. The lowest BCUT2D eigenvalue weighted by Gasteiger charge is -2.30. The van der Waals surface area contributed by atoms with Crippen LogP contribution in [0, 0.1) is 13.8 Å². The third kappa shape index (κ3) is 7.11. The molecule has 2 aliphatic rings. The van der Waals surface area contributed by atoms with E-state index in [-0.39, 0.29) is 36.7 Å². The van der Waals surface area contributed by atoms with Crippen molar-refractivity contribution in [3.63, 3.8) is 0 Å². The number of rotatable bonds is 6. The van der Waals surface area contributed by atoms with Crippen molar-refractivity contribution in [1.82, 2.24) is 19.8 Å². The first-order chi connectivity index (χ1) is 30.1. The predicted octanol–water partition coefficient (Wildman–Crippen LogP) is 9.61. The lowest BCUT2D eigenvalue weighted by molar-refractivity contribution is 0.0597. The van der Waals surface area contributed by atoms with Crippen LogP contribution in [0.3, 0.4) is 0 Å². The number of nitrogens with zero attached hydrogens (tertiary/aromatic N) is 4. The summed E-state index contributed by atoms with van der Waals surface area (Å²) in [6, 6.07) is 36.8. The van der Waals surface area contributed by atoms with E-state index in [9.17, 15) is 19.2 Å². The number of amides is 4. The fourth-order valence-corrected chi connectivity index (χ4v) is 8.61. The van der Waals surface area contributed by atoms with Gasteiger partial charge in [0.25, 0.3) is 23.6 Å². The van der Waals surface area contributed by atoms with Gasteiger partial charge in [0.1, 0.15) is 11.5 Å². The van der Waals surface area contributed by atoms with E-state index in [0.717, 1.165) is 54.6 Å². The summed E-state index contributed by atoms with van der Waals surface area (Å²) in [5, 5.41) is 24.1. The van der Waals surface area contributed by atoms with Crippen molar-refractivity contribution in [3.05, 3.63) is 191 Å². The number of phenolic OH excluding ortho intramolecular Hbond substituents is 2. The van der Waals surface area contributed by atoms with Crippen molar-refractivity contribution in [1.29, 1.82) is 0 Å². The molecule has 304 valence electrons. The second kappa shape index (κ2) is 16.2. The number of pyridine rings is 2. The molecule has 0 saturated heterocycles. The number of aromatic nitrogens is 2. The Morgan fingerprint density at radius 1 is 0.419 bits per heavy atom. The molecular weight excluding hydrogens is 777 g/mol. The molecule has 10 heteroatoms. The molecule has 4 amide bonds. The van der Waals surface area contributed by atoms with Gasteiger partial charge in [0, 0.05) is 70.9 Å². The van der Waals surface area contributed by atoms with Gasteiger partial charge in [-0.1, -0.05) is 48.5 Å². The quantitative estimate of drug-likeness (QED) is 0.0961. The normalized spacial score (nSPS) is 13.1. The first-order valence-corrected chi connectivity index (χ1v) is 20.3. The summed E-state index contributed by atoms with van der Waals surface area (Å²) in [7, 11) is 0. The van der Waals surface area contributed by atoms with E-state index in [1.165, 1.54) is 9.80 Å². The van der Waals surface area contributed by atoms with E-state index in [1.807, 2.05) is 86.6 Å². The van der Waals surface area contributed by atoms with Crippen molar-refractivity contribution in [2.75, 3.05) is 13.1 Å².